The van der Waals surface area contributed by atoms with E-state index >= 15 is 0 Å². The van der Waals surface area contributed by atoms with Gasteiger partial charge in [-0.2, -0.15) is 0 Å². The number of nitrogens with zero attached hydrogens (tertiary/aromatic N) is 2. The first kappa shape index (κ1) is 25.5. The van der Waals surface area contributed by atoms with E-state index in [0.717, 1.165) is 10.6 Å². The zero-order valence-corrected chi connectivity index (χ0v) is 20.1. The number of hydrogen-bond donors (Lipinski definition) is 1. The van der Waals surface area contributed by atoms with Crippen molar-refractivity contribution in [3.05, 3.63) is 59.1 Å². The third-order valence-corrected chi connectivity index (χ3v) is 6.35. The maximum Gasteiger partial charge on any atom is 0.244 e. The molecule has 32 heavy (non-hydrogen) atoms. The fraction of sp³-hybridized carbons (Fsp3) is 0.364. The molecule has 2 rings (SSSR count). The first-order valence-corrected chi connectivity index (χ1v) is 12.2. The number of ether oxygens (including phenoxy) is 1. The topological polar surface area (TPSA) is 96.0 Å². The molecule has 0 aliphatic carbocycles. The van der Waals surface area contributed by atoms with Crippen molar-refractivity contribution in [1.82, 2.24) is 10.2 Å². The summed E-state index contributed by atoms with van der Waals surface area (Å²) in [5, 5.41) is 3.14. The second-order valence-electron chi connectivity index (χ2n) is 7.13. The van der Waals surface area contributed by atoms with Gasteiger partial charge >= 0.3 is 0 Å². The Morgan fingerprint density at radius 2 is 1.75 bits per heavy atom. The van der Waals surface area contributed by atoms with Gasteiger partial charge in [0.2, 0.25) is 21.8 Å². The molecule has 0 heterocycles. The quantitative estimate of drug-likeness (QED) is 0.562. The average molecular weight is 482 g/mol. The Morgan fingerprint density at radius 3 is 2.34 bits per heavy atom. The molecular formula is C22H28ClN3O5S. The molecule has 2 aromatic rings. The molecule has 174 valence electrons. The van der Waals surface area contributed by atoms with Gasteiger partial charge in [-0.25, -0.2) is 8.42 Å². The lowest BCUT2D eigenvalue weighted by Crippen LogP contribution is -2.51. The van der Waals surface area contributed by atoms with Crippen LogP contribution < -0.4 is 14.4 Å². The fourth-order valence-corrected chi connectivity index (χ4v) is 4.19. The van der Waals surface area contributed by atoms with Crippen molar-refractivity contribution in [2.75, 3.05) is 30.8 Å². The molecule has 0 saturated heterocycles. The summed E-state index contributed by atoms with van der Waals surface area (Å²) in [5.41, 5.74) is 0.871. The predicted molar refractivity (Wildman–Crippen MR) is 125 cm³/mol. The summed E-state index contributed by atoms with van der Waals surface area (Å²) in [4.78, 5) is 27.2. The van der Waals surface area contributed by atoms with E-state index in [1.54, 1.807) is 62.4 Å². The third kappa shape index (κ3) is 6.37. The van der Waals surface area contributed by atoms with E-state index in [9.17, 15) is 18.0 Å². The second-order valence-corrected chi connectivity index (χ2v) is 9.44. The zero-order valence-electron chi connectivity index (χ0n) is 18.5. The van der Waals surface area contributed by atoms with Gasteiger partial charge in [0.05, 0.1) is 19.1 Å². The highest BCUT2D eigenvalue weighted by molar-refractivity contribution is 7.92. The van der Waals surface area contributed by atoms with Crippen molar-refractivity contribution < 1.29 is 22.7 Å². The number of carbonyl (C=O) groups is 2. The fourth-order valence-electron chi connectivity index (χ4n) is 3.15. The minimum atomic E-state index is -3.84. The van der Waals surface area contributed by atoms with Crippen LogP contribution in [0, 0.1) is 0 Å². The Kier molecular flexibility index (Phi) is 8.91. The SMILES string of the molecule is CCNC(=O)[C@@H](C)N(Cc1ccccc1Cl)C(=O)CN(c1ccccc1OC)S(C)(=O)=O. The number of likely N-dealkylation sites (N-methyl/N-ethyl adjacent to an activating group) is 1. The summed E-state index contributed by atoms with van der Waals surface area (Å²) in [6.45, 7) is 3.30. The van der Waals surface area contributed by atoms with Crippen LogP contribution in [0.5, 0.6) is 5.75 Å². The van der Waals surface area contributed by atoms with Gasteiger partial charge in [-0.3, -0.25) is 13.9 Å². The molecule has 0 radical (unpaired) electrons. The van der Waals surface area contributed by atoms with E-state index in [1.165, 1.54) is 12.0 Å². The largest absolute Gasteiger partial charge is 0.495 e. The number of carbonyl (C=O) groups excluding carboxylic acids is 2. The Hall–Kier alpha value is -2.78. The van der Waals surface area contributed by atoms with Crippen LogP contribution in [0.1, 0.15) is 19.4 Å². The summed E-state index contributed by atoms with van der Waals surface area (Å²) < 4.78 is 31.4. The van der Waals surface area contributed by atoms with Gasteiger partial charge in [0, 0.05) is 18.1 Å². The van der Waals surface area contributed by atoms with Crippen LogP contribution in [-0.4, -0.2) is 57.6 Å². The van der Waals surface area contributed by atoms with Crippen molar-refractivity contribution in [3.8, 4) is 5.75 Å². The van der Waals surface area contributed by atoms with E-state index in [-0.39, 0.29) is 18.1 Å². The number of benzene rings is 2. The van der Waals surface area contributed by atoms with Crippen LogP contribution >= 0.6 is 11.6 Å². The van der Waals surface area contributed by atoms with Gasteiger partial charge in [-0.15, -0.1) is 0 Å². The maximum atomic E-state index is 13.4. The van der Waals surface area contributed by atoms with Crippen molar-refractivity contribution in [2.45, 2.75) is 26.4 Å². The molecule has 0 unspecified atom stereocenters. The van der Waals surface area contributed by atoms with Crippen molar-refractivity contribution in [1.29, 1.82) is 0 Å². The first-order valence-electron chi connectivity index (χ1n) is 10.0. The van der Waals surface area contributed by atoms with Crippen LogP contribution in [0.25, 0.3) is 0 Å². The molecule has 2 aromatic carbocycles. The van der Waals surface area contributed by atoms with Crippen LogP contribution in [0.3, 0.4) is 0 Å². The van der Waals surface area contributed by atoms with Crippen LogP contribution in [0.4, 0.5) is 5.69 Å². The van der Waals surface area contributed by atoms with Crippen LogP contribution in [0.15, 0.2) is 48.5 Å². The van der Waals surface area contributed by atoms with Gasteiger partial charge in [-0.05, 0) is 37.6 Å². The lowest BCUT2D eigenvalue weighted by atomic mass is 10.1. The molecule has 2 amide bonds. The summed E-state index contributed by atoms with van der Waals surface area (Å²) in [5.74, 6) is -0.601. The van der Waals surface area contributed by atoms with Gasteiger partial charge in [0.1, 0.15) is 18.3 Å². The van der Waals surface area contributed by atoms with Crippen molar-refractivity contribution in [2.24, 2.45) is 0 Å². The Bertz CT molecular complexity index is 1060. The first-order chi connectivity index (χ1) is 15.1. The highest BCUT2D eigenvalue weighted by atomic mass is 35.5. The number of sulfonamides is 1. The molecule has 8 nitrogen and oxygen atoms in total. The van der Waals surface area contributed by atoms with Gasteiger partial charge in [-0.1, -0.05) is 41.9 Å². The smallest absolute Gasteiger partial charge is 0.244 e. The van der Waals surface area contributed by atoms with Gasteiger partial charge in [0.25, 0.3) is 0 Å². The monoisotopic (exact) mass is 481 g/mol. The van der Waals surface area contributed by atoms with Crippen LogP contribution in [0.2, 0.25) is 5.02 Å². The normalized spacial score (nSPS) is 12.0. The zero-order chi connectivity index (χ0) is 23.9. The number of nitrogens with one attached hydrogen (secondary N) is 1. The van der Waals surface area contributed by atoms with E-state index < -0.39 is 28.5 Å². The van der Waals surface area contributed by atoms with Crippen LogP contribution in [-0.2, 0) is 26.2 Å². The highest BCUT2D eigenvalue weighted by Gasteiger charge is 2.31. The van der Waals surface area contributed by atoms with Gasteiger partial charge in [0.15, 0.2) is 0 Å². The standard InChI is InChI=1S/C22H28ClN3O5S/c1-5-24-22(28)16(2)25(14-17-10-6-7-11-18(17)23)21(27)15-26(32(4,29)30)19-12-8-9-13-20(19)31-3/h6-13,16H,5,14-15H2,1-4H3,(H,24,28)/t16-/m1/s1. The Labute approximate surface area is 194 Å². The predicted octanol–water partition coefficient (Wildman–Crippen LogP) is 2.67. The molecule has 0 fully saturated rings. The molecule has 1 N–H and O–H groups in total. The highest BCUT2D eigenvalue weighted by Crippen LogP contribution is 2.29. The molecular weight excluding hydrogens is 454 g/mol. The molecule has 10 heteroatoms. The van der Waals surface area contributed by atoms with Crippen molar-refractivity contribution >= 4 is 39.1 Å². The maximum absolute atomic E-state index is 13.4. The number of methoxy groups -OCH3 is 1. The van der Waals surface area contributed by atoms with Crippen molar-refractivity contribution in [3.63, 3.8) is 0 Å². The second kappa shape index (κ2) is 11.2. The molecule has 0 bridgehead atoms. The van der Waals surface area contributed by atoms with E-state index in [2.05, 4.69) is 5.32 Å². The van der Waals surface area contributed by atoms with E-state index in [1.807, 2.05) is 0 Å². The average Bonchev–Trinajstić information content (AvgIpc) is 2.75. The summed E-state index contributed by atoms with van der Waals surface area (Å²) in [6, 6.07) is 12.6. The lowest BCUT2D eigenvalue weighted by molar-refractivity contribution is -0.139. The number of halogens is 1. The Morgan fingerprint density at radius 1 is 1.12 bits per heavy atom. The molecule has 0 aliphatic heterocycles. The Balaban J connectivity index is 2.44. The molecule has 0 spiro atoms. The number of rotatable bonds is 10. The van der Waals surface area contributed by atoms with E-state index in [4.69, 9.17) is 16.3 Å². The molecule has 0 aliphatic rings. The third-order valence-electron chi connectivity index (χ3n) is 4.85. The number of para-hydroxylation sites is 2. The van der Waals surface area contributed by atoms with E-state index in [0.29, 0.717) is 22.9 Å². The minimum absolute atomic E-state index is 0.0420. The lowest BCUT2D eigenvalue weighted by Gasteiger charge is -2.32. The summed E-state index contributed by atoms with van der Waals surface area (Å²) in [6.07, 6.45) is 1.01. The summed E-state index contributed by atoms with van der Waals surface area (Å²) in [7, 11) is -2.42. The van der Waals surface area contributed by atoms with Gasteiger partial charge < -0.3 is 15.0 Å². The number of amides is 2. The molecule has 0 saturated carbocycles. The summed E-state index contributed by atoms with van der Waals surface area (Å²) >= 11 is 6.27. The molecule has 1 atom stereocenters. The number of anilines is 1. The number of hydrogen-bond acceptors (Lipinski definition) is 5. The minimum Gasteiger partial charge on any atom is -0.495 e. The molecule has 0 aromatic heterocycles.